The van der Waals surface area contributed by atoms with Crippen LogP contribution in [0, 0.1) is 0 Å². The van der Waals surface area contributed by atoms with Crippen LogP contribution in [0.3, 0.4) is 0 Å². The molecule has 0 radical (unpaired) electrons. The van der Waals surface area contributed by atoms with Crippen LogP contribution in [0.25, 0.3) is 0 Å². The molecule has 0 aromatic carbocycles. The number of methoxy groups -OCH3 is 1. The molecule has 0 heterocycles. The average molecular weight is 208 g/mol. The minimum atomic E-state index is -0.596. The predicted molar refractivity (Wildman–Crippen MR) is 55.8 cm³/mol. The summed E-state index contributed by atoms with van der Waals surface area (Å²) in [5.41, 5.74) is 0. The van der Waals surface area contributed by atoms with Crippen molar-refractivity contribution in [2.24, 2.45) is 0 Å². The molecule has 0 aliphatic rings. The summed E-state index contributed by atoms with van der Waals surface area (Å²) in [5.74, 6) is 0. The van der Waals surface area contributed by atoms with Crippen molar-refractivity contribution < 1.29 is 19.7 Å². The van der Waals surface area contributed by atoms with Gasteiger partial charge in [-0.2, -0.15) is 0 Å². The molecule has 2 atom stereocenters. The van der Waals surface area contributed by atoms with E-state index in [1.54, 1.807) is 6.92 Å². The van der Waals surface area contributed by atoms with Crippen molar-refractivity contribution in [3.8, 4) is 0 Å². The zero-order chi connectivity index (χ0) is 11.4. The molecule has 0 rings (SSSR count). The topological polar surface area (TPSA) is 58.9 Å². The van der Waals surface area contributed by atoms with Crippen molar-refractivity contribution in [1.29, 1.82) is 0 Å². The lowest BCUT2D eigenvalue weighted by molar-refractivity contribution is -0.0856. The van der Waals surface area contributed by atoms with E-state index >= 15 is 0 Å². The van der Waals surface area contributed by atoms with E-state index in [1.165, 1.54) is 7.11 Å². The molecule has 0 bridgehead atoms. The maximum Gasteiger partial charge on any atom is 0.153 e. The minimum Gasteiger partial charge on any atom is -0.368 e. The summed E-state index contributed by atoms with van der Waals surface area (Å²) in [6.45, 7) is 6.24. The second-order valence-corrected chi connectivity index (χ2v) is 2.92. The fourth-order valence-corrected chi connectivity index (χ4v) is 0.565. The first-order valence-electron chi connectivity index (χ1n) is 5.08. The molecule has 0 aromatic rings. The van der Waals surface area contributed by atoms with Crippen LogP contribution >= 0.6 is 0 Å². The normalized spacial score (nSPS) is 14.1. The molecule has 2 unspecified atom stereocenters. The summed E-state index contributed by atoms with van der Waals surface area (Å²) in [6, 6.07) is 0. The van der Waals surface area contributed by atoms with E-state index in [2.05, 4.69) is 11.7 Å². The van der Waals surface area contributed by atoms with Crippen LogP contribution in [0.15, 0.2) is 0 Å². The second-order valence-electron chi connectivity index (χ2n) is 2.92. The Morgan fingerprint density at radius 1 is 1.21 bits per heavy atom. The summed E-state index contributed by atoms with van der Waals surface area (Å²) >= 11 is 0. The number of aliphatic hydroxyl groups excluding tert-OH is 2. The second kappa shape index (κ2) is 12.8. The van der Waals surface area contributed by atoms with Gasteiger partial charge in [0.05, 0.1) is 0 Å². The van der Waals surface area contributed by atoms with E-state index in [9.17, 15) is 0 Å². The summed E-state index contributed by atoms with van der Waals surface area (Å²) in [6.07, 6.45) is 1.65. The van der Waals surface area contributed by atoms with Crippen molar-refractivity contribution in [2.45, 2.75) is 52.6 Å². The van der Waals surface area contributed by atoms with Gasteiger partial charge in [0.1, 0.15) is 0 Å². The van der Waals surface area contributed by atoms with Crippen LogP contribution in [0.5, 0.6) is 0 Å². The van der Waals surface area contributed by atoms with E-state index in [4.69, 9.17) is 14.9 Å². The van der Waals surface area contributed by atoms with Crippen molar-refractivity contribution in [3.63, 3.8) is 0 Å². The highest BCUT2D eigenvalue weighted by Gasteiger charge is 1.91. The molecule has 88 valence electrons. The van der Waals surface area contributed by atoms with Crippen molar-refractivity contribution in [2.75, 3.05) is 13.7 Å². The SMILES string of the molecule is CCC(O)OC.CCCCOC(C)O. The molecule has 0 saturated carbocycles. The quantitative estimate of drug-likeness (QED) is 0.513. The molecule has 0 aliphatic carbocycles. The van der Waals surface area contributed by atoms with Crippen LogP contribution in [0.4, 0.5) is 0 Å². The monoisotopic (exact) mass is 208 g/mol. The van der Waals surface area contributed by atoms with Crippen molar-refractivity contribution >= 4 is 0 Å². The predicted octanol–water partition coefficient (Wildman–Crippen LogP) is 1.50. The summed E-state index contributed by atoms with van der Waals surface area (Å²) in [5, 5.41) is 17.0. The number of ether oxygens (including phenoxy) is 2. The average Bonchev–Trinajstić information content (AvgIpc) is 2.17. The standard InChI is InChI=1S/C6H14O2.C4H10O2/c1-3-4-5-8-6(2)7;1-3-4(5)6-2/h6-7H,3-5H2,1-2H3;4-5H,3H2,1-2H3. The lowest BCUT2D eigenvalue weighted by Gasteiger charge is -2.03. The van der Waals surface area contributed by atoms with Crippen molar-refractivity contribution in [1.82, 2.24) is 0 Å². The largest absolute Gasteiger partial charge is 0.368 e. The third-order valence-electron chi connectivity index (χ3n) is 1.48. The Balaban J connectivity index is 0. The summed E-state index contributed by atoms with van der Waals surface area (Å²) < 4.78 is 9.29. The smallest absolute Gasteiger partial charge is 0.153 e. The van der Waals surface area contributed by atoms with Gasteiger partial charge in [-0.1, -0.05) is 20.3 Å². The first-order chi connectivity index (χ1) is 6.58. The zero-order valence-electron chi connectivity index (χ0n) is 9.69. The summed E-state index contributed by atoms with van der Waals surface area (Å²) in [7, 11) is 1.48. The lowest BCUT2D eigenvalue weighted by Crippen LogP contribution is -2.06. The van der Waals surface area contributed by atoms with Gasteiger partial charge in [0.2, 0.25) is 0 Å². The zero-order valence-corrected chi connectivity index (χ0v) is 9.69. The molecule has 0 fully saturated rings. The Hall–Kier alpha value is -0.160. The molecular formula is C10H24O4. The van der Waals surface area contributed by atoms with Crippen LogP contribution < -0.4 is 0 Å². The van der Waals surface area contributed by atoms with Gasteiger partial charge in [0.25, 0.3) is 0 Å². The molecule has 0 amide bonds. The highest BCUT2D eigenvalue weighted by molar-refractivity contribution is 4.31. The number of unbranched alkanes of at least 4 members (excludes halogenated alkanes) is 1. The molecular weight excluding hydrogens is 184 g/mol. The fourth-order valence-electron chi connectivity index (χ4n) is 0.565. The third-order valence-corrected chi connectivity index (χ3v) is 1.48. The van der Waals surface area contributed by atoms with Gasteiger partial charge >= 0.3 is 0 Å². The first-order valence-corrected chi connectivity index (χ1v) is 5.08. The maximum atomic E-state index is 8.56. The maximum absolute atomic E-state index is 8.56. The van der Waals surface area contributed by atoms with Crippen LogP contribution in [0.2, 0.25) is 0 Å². The Labute approximate surface area is 86.8 Å². The highest BCUT2D eigenvalue weighted by Crippen LogP contribution is 1.90. The molecule has 0 aromatic heterocycles. The Kier molecular flexibility index (Phi) is 14.9. The number of rotatable bonds is 6. The van der Waals surface area contributed by atoms with E-state index in [0.29, 0.717) is 13.0 Å². The summed E-state index contributed by atoms with van der Waals surface area (Å²) in [4.78, 5) is 0. The lowest BCUT2D eigenvalue weighted by atomic mass is 10.4. The Bertz CT molecular complexity index is 92.1. The number of aliphatic hydroxyl groups is 2. The van der Waals surface area contributed by atoms with Gasteiger partial charge in [-0.25, -0.2) is 0 Å². The van der Waals surface area contributed by atoms with Crippen LogP contribution in [-0.4, -0.2) is 36.5 Å². The molecule has 0 spiro atoms. The number of hydrogen-bond acceptors (Lipinski definition) is 4. The van der Waals surface area contributed by atoms with Gasteiger partial charge in [0, 0.05) is 13.7 Å². The fraction of sp³-hybridized carbons (Fsp3) is 1.00. The van der Waals surface area contributed by atoms with Gasteiger partial charge in [0.15, 0.2) is 12.6 Å². The third kappa shape index (κ3) is 17.8. The van der Waals surface area contributed by atoms with E-state index < -0.39 is 12.6 Å². The Morgan fingerprint density at radius 2 is 1.79 bits per heavy atom. The molecule has 0 aliphatic heterocycles. The van der Waals surface area contributed by atoms with Crippen molar-refractivity contribution in [3.05, 3.63) is 0 Å². The molecule has 4 nitrogen and oxygen atoms in total. The van der Waals surface area contributed by atoms with E-state index in [1.807, 2.05) is 6.92 Å². The van der Waals surface area contributed by atoms with Gasteiger partial charge < -0.3 is 19.7 Å². The Morgan fingerprint density at radius 3 is 2.00 bits per heavy atom. The van der Waals surface area contributed by atoms with Crippen LogP contribution in [0.1, 0.15) is 40.0 Å². The van der Waals surface area contributed by atoms with Crippen LogP contribution in [-0.2, 0) is 9.47 Å². The molecule has 4 heteroatoms. The number of hydrogen-bond donors (Lipinski definition) is 2. The first kappa shape index (κ1) is 16.3. The minimum absolute atomic E-state index is 0.565. The molecule has 2 N–H and O–H groups in total. The molecule has 0 saturated heterocycles. The van der Waals surface area contributed by atoms with E-state index in [-0.39, 0.29) is 0 Å². The van der Waals surface area contributed by atoms with Gasteiger partial charge in [-0.3, -0.25) is 0 Å². The van der Waals surface area contributed by atoms with Gasteiger partial charge in [-0.15, -0.1) is 0 Å². The van der Waals surface area contributed by atoms with E-state index in [0.717, 1.165) is 12.8 Å². The highest BCUT2D eigenvalue weighted by atomic mass is 16.6. The molecule has 14 heavy (non-hydrogen) atoms. The van der Waals surface area contributed by atoms with Gasteiger partial charge in [-0.05, 0) is 19.8 Å².